The number of carbonyl (C=O) groups excluding carboxylic acids is 1. The van der Waals surface area contributed by atoms with Gasteiger partial charge in [0.25, 0.3) is 0 Å². The van der Waals surface area contributed by atoms with Crippen LogP contribution in [0.2, 0.25) is 0 Å². The molecule has 1 aromatic carbocycles. The predicted octanol–water partition coefficient (Wildman–Crippen LogP) is 3.47. The number of hydrogen-bond acceptors (Lipinski definition) is 3. The Kier molecular flexibility index (Phi) is 5.58. The van der Waals surface area contributed by atoms with E-state index in [0.717, 1.165) is 0 Å². The summed E-state index contributed by atoms with van der Waals surface area (Å²) in [5.74, 6) is -0.291. The summed E-state index contributed by atoms with van der Waals surface area (Å²) in [6.07, 6.45) is -4.78. The topological polar surface area (TPSA) is 50.8 Å². The van der Waals surface area contributed by atoms with Crippen molar-refractivity contribution in [2.24, 2.45) is 0 Å². The molecule has 8 heteroatoms. The number of hydrogen-bond donors (Lipinski definition) is 1. The van der Waals surface area contributed by atoms with E-state index in [-0.39, 0.29) is 30.0 Å². The zero-order chi connectivity index (χ0) is 17.9. The smallest absolute Gasteiger partial charge is 0.406 e. The third-order valence-electron chi connectivity index (χ3n) is 3.66. The van der Waals surface area contributed by atoms with Gasteiger partial charge in [-0.15, -0.1) is 13.2 Å². The molecule has 134 valence electrons. The number of urea groups is 1. The minimum absolute atomic E-state index is 0.0337. The maximum atomic E-state index is 12.3. The molecule has 1 N–H and O–H groups in total. The molecule has 1 aromatic rings. The van der Waals surface area contributed by atoms with Crippen molar-refractivity contribution >= 4 is 6.03 Å². The highest BCUT2D eigenvalue weighted by Gasteiger charge is 2.31. The average Bonchev–Trinajstić information content (AvgIpc) is 2.45. The highest BCUT2D eigenvalue weighted by atomic mass is 19.4. The monoisotopic (exact) mass is 346 g/mol. The zero-order valence-electron chi connectivity index (χ0n) is 13.8. The van der Waals surface area contributed by atoms with E-state index in [1.54, 1.807) is 11.8 Å². The number of ether oxygens (including phenoxy) is 2. The van der Waals surface area contributed by atoms with Crippen LogP contribution in [0.15, 0.2) is 24.3 Å². The fourth-order valence-corrected chi connectivity index (χ4v) is 2.66. The fourth-order valence-electron chi connectivity index (χ4n) is 2.66. The fraction of sp³-hybridized carbons (Fsp3) is 0.562. The predicted molar refractivity (Wildman–Crippen MR) is 81.7 cm³/mol. The molecule has 1 saturated heterocycles. The van der Waals surface area contributed by atoms with Crippen molar-refractivity contribution in [3.8, 4) is 5.75 Å². The SMILES string of the molecule is C[C@@H]1CN(C(=O)N[C@@H](C)c2ccc(OC(F)(F)F)cc2)C[C@H](C)O1. The highest BCUT2D eigenvalue weighted by Crippen LogP contribution is 2.24. The van der Waals surface area contributed by atoms with Crippen molar-refractivity contribution < 1.29 is 27.4 Å². The van der Waals surface area contributed by atoms with E-state index in [1.165, 1.54) is 24.3 Å². The van der Waals surface area contributed by atoms with Crippen molar-refractivity contribution in [2.45, 2.75) is 45.4 Å². The Morgan fingerprint density at radius 3 is 2.29 bits per heavy atom. The Balaban J connectivity index is 1.94. The van der Waals surface area contributed by atoms with Gasteiger partial charge in [0.05, 0.1) is 18.2 Å². The van der Waals surface area contributed by atoms with Crippen LogP contribution in [-0.4, -0.2) is 42.6 Å². The van der Waals surface area contributed by atoms with Crippen molar-refractivity contribution in [1.29, 1.82) is 0 Å². The third kappa shape index (κ3) is 5.30. The number of amides is 2. The first kappa shape index (κ1) is 18.4. The van der Waals surface area contributed by atoms with Crippen molar-refractivity contribution in [3.05, 3.63) is 29.8 Å². The van der Waals surface area contributed by atoms with Gasteiger partial charge in [0.1, 0.15) is 5.75 Å². The summed E-state index contributed by atoms with van der Waals surface area (Å²) >= 11 is 0. The van der Waals surface area contributed by atoms with Crippen molar-refractivity contribution in [3.63, 3.8) is 0 Å². The van der Waals surface area contributed by atoms with Crippen LogP contribution in [0.3, 0.4) is 0 Å². The van der Waals surface area contributed by atoms with E-state index in [0.29, 0.717) is 18.7 Å². The van der Waals surface area contributed by atoms with Crippen molar-refractivity contribution in [1.82, 2.24) is 10.2 Å². The molecular formula is C16H21F3N2O3. The molecule has 5 nitrogen and oxygen atoms in total. The number of nitrogens with zero attached hydrogens (tertiary/aromatic N) is 1. The summed E-state index contributed by atoms with van der Waals surface area (Å²) < 4.78 is 45.8. The molecule has 0 spiro atoms. The first-order chi connectivity index (χ1) is 11.1. The first-order valence-corrected chi connectivity index (χ1v) is 7.70. The van der Waals surface area contributed by atoms with Gasteiger partial charge >= 0.3 is 12.4 Å². The molecule has 1 heterocycles. The first-order valence-electron chi connectivity index (χ1n) is 7.70. The molecule has 24 heavy (non-hydrogen) atoms. The number of nitrogens with one attached hydrogen (secondary N) is 1. The second-order valence-corrected chi connectivity index (χ2v) is 5.95. The number of benzene rings is 1. The summed E-state index contributed by atoms with van der Waals surface area (Å²) in [4.78, 5) is 14.0. The van der Waals surface area contributed by atoms with Crippen LogP contribution in [0.4, 0.5) is 18.0 Å². The average molecular weight is 346 g/mol. The molecule has 2 rings (SSSR count). The lowest BCUT2D eigenvalue weighted by Crippen LogP contribution is -2.52. The van der Waals surface area contributed by atoms with Gasteiger partial charge < -0.3 is 19.7 Å². The van der Waals surface area contributed by atoms with Crippen LogP contribution < -0.4 is 10.1 Å². The van der Waals surface area contributed by atoms with Gasteiger partial charge in [-0.05, 0) is 38.5 Å². The summed E-state index contributed by atoms with van der Waals surface area (Å²) in [6, 6.07) is 4.88. The molecule has 1 fully saturated rings. The Labute approximate surface area is 138 Å². The summed E-state index contributed by atoms with van der Waals surface area (Å²) in [7, 11) is 0. The zero-order valence-corrected chi connectivity index (χ0v) is 13.8. The normalized spacial score (nSPS) is 22.8. The number of alkyl halides is 3. The molecule has 0 radical (unpaired) electrons. The Hall–Kier alpha value is -1.96. The lowest BCUT2D eigenvalue weighted by molar-refractivity contribution is -0.274. The van der Waals surface area contributed by atoms with Crippen LogP contribution in [0.5, 0.6) is 5.75 Å². The maximum absolute atomic E-state index is 12.3. The molecule has 0 saturated carbocycles. The largest absolute Gasteiger partial charge is 0.573 e. The summed E-state index contributed by atoms with van der Waals surface area (Å²) in [5, 5.41) is 2.84. The lowest BCUT2D eigenvalue weighted by atomic mass is 10.1. The van der Waals surface area contributed by atoms with Crippen LogP contribution in [0, 0.1) is 0 Å². The third-order valence-corrected chi connectivity index (χ3v) is 3.66. The molecule has 0 unspecified atom stereocenters. The minimum atomic E-state index is -4.72. The van der Waals surface area contributed by atoms with E-state index >= 15 is 0 Å². The Bertz CT molecular complexity index is 553. The van der Waals surface area contributed by atoms with Crippen LogP contribution in [-0.2, 0) is 4.74 Å². The van der Waals surface area contributed by atoms with Gasteiger partial charge in [0, 0.05) is 13.1 Å². The number of morpholine rings is 1. The van der Waals surface area contributed by atoms with Crippen LogP contribution in [0.25, 0.3) is 0 Å². The van der Waals surface area contributed by atoms with E-state index in [4.69, 9.17) is 4.74 Å². The molecule has 3 atom stereocenters. The van der Waals surface area contributed by atoms with Gasteiger partial charge in [0.2, 0.25) is 0 Å². The van der Waals surface area contributed by atoms with E-state index in [2.05, 4.69) is 10.1 Å². The van der Waals surface area contributed by atoms with Crippen LogP contribution >= 0.6 is 0 Å². The standard InChI is InChI=1S/C16H21F3N2O3/c1-10-8-21(9-11(2)23-10)15(22)20-12(3)13-4-6-14(7-5-13)24-16(17,18)19/h4-7,10-12H,8-9H2,1-3H3,(H,20,22)/t10-,11+,12-/m0/s1. The quantitative estimate of drug-likeness (QED) is 0.912. The lowest BCUT2D eigenvalue weighted by Gasteiger charge is -2.35. The summed E-state index contributed by atoms with van der Waals surface area (Å²) in [5.41, 5.74) is 0.687. The molecule has 0 aliphatic carbocycles. The second kappa shape index (κ2) is 7.29. The van der Waals surface area contributed by atoms with Gasteiger partial charge in [-0.25, -0.2) is 4.79 Å². The molecule has 2 amide bonds. The van der Waals surface area contributed by atoms with E-state index in [9.17, 15) is 18.0 Å². The molecular weight excluding hydrogens is 325 g/mol. The van der Waals surface area contributed by atoms with E-state index in [1.807, 2.05) is 13.8 Å². The Morgan fingerprint density at radius 2 is 1.79 bits per heavy atom. The highest BCUT2D eigenvalue weighted by molar-refractivity contribution is 5.74. The second-order valence-electron chi connectivity index (χ2n) is 5.95. The van der Waals surface area contributed by atoms with Crippen molar-refractivity contribution in [2.75, 3.05) is 13.1 Å². The Morgan fingerprint density at radius 1 is 1.25 bits per heavy atom. The summed E-state index contributed by atoms with van der Waals surface area (Å²) in [6.45, 7) is 6.57. The molecule has 0 aromatic heterocycles. The minimum Gasteiger partial charge on any atom is -0.406 e. The number of carbonyl (C=O) groups is 1. The molecule has 0 bridgehead atoms. The molecule has 1 aliphatic heterocycles. The number of halogens is 3. The number of rotatable bonds is 3. The van der Waals surface area contributed by atoms with E-state index < -0.39 is 6.36 Å². The van der Waals surface area contributed by atoms with Crippen LogP contribution in [0.1, 0.15) is 32.4 Å². The maximum Gasteiger partial charge on any atom is 0.573 e. The van der Waals surface area contributed by atoms with Gasteiger partial charge in [-0.2, -0.15) is 0 Å². The molecule has 1 aliphatic rings. The van der Waals surface area contributed by atoms with Gasteiger partial charge in [0.15, 0.2) is 0 Å². The van der Waals surface area contributed by atoms with Gasteiger partial charge in [-0.3, -0.25) is 0 Å². The van der Waals surface area contributed by atoms with Gasteiger partial charge in [-0.1, -0.05) is 12.1 Å².